The summed E-state index contributed by atoms with van der Waals surface area (Å²) in [7, 11) is 1.25. The number of carbonyl (C=O) groups is 2. The molecule has 0 aliphatic carbocycles. The molecular weight excluding hydrogens is 448 g/mol. The Morgan fingerprint density at radius 1 is 1.18 bits per heavy atom. The first-order valence-corrected chi connectivity index (χ1v) is 10.3. The number of nitrogens with zero attached hydrogens (tertiary/aromatic N) is 2. The van der Waals surface area contributed by atoms with Crippen molar-refractivity contribution in [3.8, 4) is 11.5 Å². The maximum atomic E-state index is 12.7. The van der Waals surface area contributed by atoms with E-state index in [0.29, 0.717) is 5.56 Å². The van der Waals surface area contributed by atoms with E-state index < -0.39 is 28.2 Å². The summed E-state index contributed by atoms with van der Waals surface area (Å²) >= 11 is 1.37. The smallest absolute Gasteiger partial charge is 0.315 e. The van der Waals surface area contributed by atoms with Crippen molar-refractivity contribution in [1.29, 1.82) is 0 Å². The van der Waals surface area contributed by atoms with E-state index in [1.807, 2.05) is 5.38 Å². The maximum absolute atomic E-state index is 12.7. The van der Waals surface area contributed by atoms with Crippen LogP contribution in [0.4, 0.5) is 5.69 Å². The summed E-state index contributed by atoms with van der Waals surface area (Å²) in [5.74, 6) is -1.92. The number of methoxy groups -OCH3 is 1. The molecule has 0 bridgehead atoms. The van der Waals surface area contributed by atoms with Gasteiger partial charge in [0.05, 0.1) is 18.2 Å². The van der Waals surface area contributed by atoms with E-state index in [9.17, 15) is 24.8 Å². The number of phenolic OH excluding ortho intramolecular Hbond substituents is 1. The predicted octanol–water partition coefficient (Wildman–Crippen LogP) is 3.29. The Labute approximate surface area is 192 Å². The fourth-order valence-electron chi connectivity index (χ4n) is 2.67. The monoisotopic (exact) mass is 466 g/mol. The Kier molecular flexibility index (Phi) is 7.50. The second-order valence-electron chi connectivity index (χ2n) is 6.44. The highest BCUT2D eigenvalue weighted by atomic mass is 32.1. The maximum Gasteiger partial charge on any atom is 0.315 e. The zero-order valence-electron chi connectivity index (χ0n) is 17.2. The van der Waals surface area contributed by atoms with Crippen molar-refractivity contribution in [3.63, 3.8) is 0 Å². The number of thiophene rings is 1. The number of nitrogens with one attached hydrogen (secondary N) is 2. The van der Waals surface area contributed by atoms with Gasteiger partial charge in [-0.15, -0.1) is 11.3 Å². The van der Waals surface area contributed by atoms with Crippen molar-refractivity contribution >= 4 is 41.1 Å². The van der Waals surface area contributed by atoms with Gasteiger partial charge in [0, 0.05) is 22.1 Å². The largest absolute Gasteiger partial charge is 0.500 e. The number of hydrazone groups is 1. The zero-order chi connectivity index (χ0) is 23.8. The number of amides is 2. The van der Waals surface area contributed by atoms with Crippen LogP contribution >= 0.6 is 11.3 Å². The topological polar surface area (TPSA) is 143 Å². The van der Waals surface area contributed by atoms with Crippen LogP contribution in [0.25, 0.3) is 6.08 Å². The molecule has 1 heterocycles. The molecule has 1 aromatic heterocycles. The van der Waals surface area contributed by atoms with Gasteiger partial charge in [-0.25, -0.2) is 5.43 Å². The predicted molar refractivity (Wildman–Crippen MR) is 123 cm³/mol. The molecule has 0 unspecified atom stereocenters. The van der Waals surface area contributed by atoms with Crippen LogP contribution in [0.15, 0.2) is 70.8 Å². The number of rotatable bonds is 8. The number of aromatic hydroxyl groups is 1. The van der Waals surface area contributed by atoms with Gasteiger partial charge in [-0.3, -0.25) is 19.7 Å². The molecular formula is C22H18N4O6S. The Bertz CT molecular complexity index is 1220. The van der Waals surface area contributed by atoms with Crippen molar-refractivity contribution in [3.05, 3.63) is 91.8 Å². The summed E-state index contributed by atoms with van der Waals surface area (Å²) in [6.07, 6.45) is 2.65. The van der Waals surface area contributed by atoms with E-state index in [4.69, 9.17) is 4.74 Å². The third-order valence-corrected chi connectivity index (χ3v) is 5.05. The molecule has 11 heteroatoms. The molecule has 0 aliphatic heterocycles. The lowest BCUT2D eigenvalue weighted by Gasteiger charge is -2.09. The summed E-state index contributed by atoms with van der Waals surface area (Å²) in [4.78, 5) is 36.3. The third-order valence-electron chi connectivity index (χ3n) is 4.23. The quantitative estimate of drug-likeness (QED) is 0.201. The molecule has 0 saturated carbocycles. The van der Waals surface area contributed by atoms with Crippen LogP contribution in [0.2, 0.25) is 0 Å². The van der Waals surface area contributed by atoms with E-state index in [1.165, 1.54) is 30.6 Å². The lowest BCUT2D eigenvalue weighted by Crippen LogP contribution is -2.32. The number of nitro groups is 1. The van der Waals surface area contributed by atoms with Crippen LogP contribution < -0.4 is 15.5 Å². The number of nitro benzene ring substituents is 1. The van der Waals surface area contributed by atoms with Crippen molar-refractivity contribution in [2.24, 2.45) is 5.10 Å². The van der Waals surface area contributed by atoms with Gasteiger partial charge in [0.1, 0.15) is 5.70 Å². The molecule has 0 radical (unpaired) electrons. The first-order valence-electron chi connectivity index (χ1n) is 9.39. The van der Waals surface area contributed by atoms with Gasteiger partial charge in [-0.1, -0.05) is 24.3 Å². The van der Waals surface area contributed by atoms with Crippen molar-refractivity contribution in [2.75, 3.05) is 7.11 Å². The lowest BCUT2D eigenvalue weighted by atomic mass is 10.2. The molecule has 2 amide bonds. The molecule has 33 heavy (non-hydrogen) atoms. The minimum absolute atomic E-state index is 0.0438. The van der Waals surface area contributed by atoms with Gasteiger partial charge in [-0.2, -0.15) is 5.10 Å². The molecule has 0 saturated heterocycles. The van der Waals surface area contributed by atoms with Gasteiger partial charge < -0.3 is 15.2 Å². The highest BCUT2D eigenvalue weighted by Gasteiger charge is 2.19. The molecule has 168 valence electrons. The first kappa shape index (κ1) is 23.2. The Balaban J connectivity index is 1.80. The SMILES string of the molecule is COc1cc(C=NNC(=O)C(=Cc2cccs2)NC(=O)c2ccccc2)cc([N+](=O)[O-])c1O. The van der Waals surface area contributed by atoms with Gasteiger partial charge >= 0.3 is 5.69 Å². The highest BCUT2D eigenvalue weighted by Crippen LogP contribution is 2.36. The second kappa shape index (κ2) is 10.7. The van der Waals surface area contributed by atoms with Crippen molar-refractivity contribution in [2.45, 2.75) is 0 Å². The molecule has 3 N–H and O–H groups in total. The van der Waals surface area contributed by atoms with Crippen LogP contribution in [0, 0.1) is 10.1 Å². The molecule has 0 fully saturated rings. The summed E-state index contributed by atoms with van der Waals surface area (Å²) in [6, 6.07) is 14.4. The van der Waals surface area contributed by atoms with E-state index in [0.717, 1.165) is 17.2 Å². The first-order chi connectivity index (χ1) is 15.9. The average molecular weight is 466 g/mol. The molecule has 2 aromatic carbocycles. The van der Waals surface area contributed by atoms with E-state index >= 15 is 0 Å². The van der Waals surface area contributed by atoms with Crippen LogP contribution in [0.5, 0.6) is 11.5 Å². The zero-order valence-corrected chi connectivity index (χ0v) is 18.0. The van der Waals surface area contributed by atoms with E-state index in [-0.39, 0.29) is 17.0 Å². The van der Waals surface area contributed by atoms with Crippen LogP contribution in [0.3, 0.4) is 0 Å². The minimum Gasteiger partial charge on any atom is -0.500 e. The summed E-state index contributed by atoms with van der Waals surface area (Å²) in [5, 5.41) is 29.2. The standard InChI is InChI=1S/C22H18N4O6S/c1-32-19-11-14(10-18(20(19)27)26(30)31)13-23-25-22(29)17(12-16-8-5-9-33-16)24-21(28)15-6-3-2-4-7-15/h2-13,27H,1H3,(H,24,28)(H,25,29). The normalized spacial score (nSPS) is 11.2. The van der Waals surface area contributed by atoms with Gasteiger partial charge in [0.2, 0.25) is 5.75 Å². The molecule has 0 spiro atoms. The van der Waals surface area contributed by atoms with Crippen LogP contribution in [0.1, 0.15) is 20.8 Å². The summed E-state index contributed by atoms with van der Waals surface area (Å²) in [5.41, 5.74) is 2.24. The fraction of sp³-hybridized carbons (Fsp3) is 0.0455. The van der Waals surface area contributed by atoms with Gasteiger partial charge in [0.15, 0.2) is 5.75 Å². The van der Waals surface area contributed by atoms with E-state index in [1.54, 1.807) is 42.5 Å². The summed E-state index contributed by atoms with van der Waals surface area (Å²) in [6.45, 7) is 0. The molecule has 0 aliphatic rings. The Hall–Kier alpha value is -4.51. The number of phenols is 1. The van der Waals surface area contributed by atoms with Crippen molar-refractivity contribution in [1.82, 2.24) is 10.7 Å². The average Bonchev–Trinajstić information content (AvgIpc) is 3.33. The van der Waals surface area contributed by atoms with E-state index in [2.05, 4.69) is 15.8 Å². The fourth-order valence-corrected chi connectivity index (χ4v) is 3.32. The Morgan fingerprint density at radius 3 is 2.58 bits per heavy atom. The molecule has 3 aromatic rings. The Morgan fingerprint density at radius 2 is 1.94 bits per heavy atom. The number of benzene rings is 2. The van der Waals surface area contributed by atoms with Crippen LogP contribution in [-0.4, -0.2) is 35.2 Å². The number of carbonyl (C=O) groups excluding carboxylic acids is 2. The number of ether oxygens (including phenoxy) is 1. The minimum atomic E-state index is -0.769. The number of hydrogen-bond acceptors (Lipinski definition) is 8. The second-order valence-corrected chi connectivity index (χ2v) is 7.42. The lowest BCUT2D eigenvalue weighted by molar-refractivity contribution is -0.386. The third kappa shape index (κ3) is 6.02. The highest BCUT2D eigenvalue weighted by molar-refractivity contribution is 7.10. The molecule has 0 atom stereocenters. The van der Waals surface area contributed by atoms with Crippen molar-refractivity contribution < 1.29 is 24.4 Å². The molecule has 10 nitrogen and oxygen atoms in total. The van der Waals surface area contributed by atoms with Gasteiger partial charge in [-0.05, 0) is 35.7 Å². The number of hydrogen-bond donors (Lipinski definition) is 3. The van der Waals surface area contributed by atoms with Gasteiger partial charge in [0.25, 0.3) is 11.8 Å². The summed E-state index contributed by atoms with van der Waals surface area (Å²) < 4.78 is 4.93. The van der Waals surface area contributed by atoms with Crippen LogP contribution in [-0.2, 0) is 4.79 Å². The molecule has 3 rings (SSSR count).